The summed E-state index contributed by atoms with van der Waals surface area (Å²) in [6.07, 6.45) is 3.21. The predicted octanol–water partition coefficient (Wildman–Crippen LogP) is 2.29. The Hall–Kier alpha value is -0.770. The summed E-state index contributed by atoms with van der Waals surface area (Å²) in [6.45, 7) is 9.48. The SMILES string of the molecule is CCC1CC1NCCCNC(=O)OC(C)(C)C. The summed E-state index contributed by atoms with van der Waals surface area (Å²) in [6, 6.07) is 0.724. The zero-order valence-electron chi connectivity index (χ0n) is 11.5. The van der Waals surface area contributed by atoms with E-state index in [-0.39, 0.29) is 6.09 Å². The molecular weight excluding hydrogens is 216 g/mol. The van der Waals surface area contributed by atoms with Crippen LogP contribution < -0.4 is 10.6 Å². The van der Waals surface area contributed by atoms with Crippen LogP contribution in [-0.4, -0.2) is 30.8 Å². The van der Waals surface area contributed by atoms with Gasteiger partial charge < -0.3 is 15.4 Å². The van der Waals surface area contributed by atoms with Gasteiger partial charge in [-0.05, 0) is 46.1 Å². The molecule has 1 rings (SSSR count). The van der Waals surface area contributed by atoms with E-state index in [4.69, 9.17) is 4.74 Å². The number of amides is 1. The van der Waals surface area contributed by atoms with E-state index in [0.29, 0.717) is 6.54 Å². The van der Waals surface area contributed by atoms with Crippen LogP contribution in [-0.2, 0) is 4.74 Å². The molecule has 0 bridgehead atoms. The van der Waals surface area contributed by atoms with Crippen LogP contribution in [0, 0.1) is 5.92 Å². The lowest BCUT2D eigenvalue weighted by Crippen LogP contribution is -2.34. The number of hydrogen-bond acceptors (Lipinski definition) is 3. The second-order valence-corrected chi connectivity index (χ2v) is 5.75. The molecule has 100 valence electrons. The van der Waals surface area contributed by atoms with Gasteiger partial charge in [-0.25, -0.2) is 4.79 Å². The summed E-state index contributed by atoms with van der Waals surface area (Å²) in [5, 5.41) is 6.24. The third-order valence-electron chi connectivity index (χ3n) is 2.88. The Morgan fingerprint density at radius 2 is 2.06 bits per heavy atom. The Balaban J connectivity index is 1.92. The Labute approximate surface area is 104 Å². The van der Waals surface area contributed by atoms with Gasteiger partial charge in [0.1, 0.15) is 5.60 Å². The molecule has 4 heteroatoms. The minimum absolute atomic E-state index is 0.324. The second-order valence-electron chi connectivity index (χ2n) is 5.75. The molecule has 2 atom stereocenters. The lowest BCUT2D eigenvalue weighted by atomic mass is 10.2. The quantitative estimate of drug-likeness (QED) is 0.703. The van der Waals surface area contributed by atoms with E-state index < -0.39 is 5.60 Å². The van der Waals surface area contributed by atoms with Crippen molar-refractivity contribution in [2.45, 2.75) is 58.6 Å². The largest absolute Gasteiger partial charge is 0.444 e. The van der Waals surface area contributed by atoms with Gasteiger partial charge in [0, 0.05) is 12.6 Å². The minimum atomic E-state index is -0.412. The normalized spacial score (nSPS) is 23.3. The van der Waals surface area contributed by atoms with Crippen molar-refractivity contribution in [3.63, 3.8) is 0 Å². The van der Waals surface area contributed by atoms with Crippen LogP contribution in [0.4, 0.5) is 4.79 Å². The first-order valence-electron chi connectivity index (χ1n) is 6.62. The van der Waals surface area contributed by atoms with Gasteiger partial charge >= 0.3 is 6.09 Å². The molecule has 0 aromatic carbocycles. The number of hydrogen-bond donors (Lipinski definition) is 2. The van der Waals surface area contributed by atoms with E-state index >= 15 is 0 Å². The van der Waals surface area contributed by atoms with Crippen LogP contribution in [0.25, 0.3) is 0 Å². The van der Waals surface area contributed by atoms with Crippen molar-refractivity contribution in [2.24, 2.45) is 5.92 Å². The van der Waals surface area contributed by atoms with Gasteiger partial charge in [-0.3, -0.25) is 0 Å². The van der Waals surface area contributed by atoms with Crippen molar-refractivity contribution in [1.82, 2.24) is 10.6 Å². The Kier molecular flexibility index (Phi) is 5.25. The molecule has 0 radical (unpaired) electrons. The number of carbonyl (C=O) groups is 1. The van der Waals surface area contributed by atoms with E-state index in [2.05, 4.69) is 17.6 Å². The standard InChI is InChI=1S/C13H26N2O2/c1-5-10-9-11(10)14-7-6-8-15-12(16)17-13(2,3)4/h10-11,14H,5-9H2,1-4H3,(H,15,16). The fourth-order valence-corrected chi connectivity index (χ4v) is 1.83. The van der Waals surface area contributed by atoms with Crippen molar-refractivity contribution in [3.8, 4) is 0 Å². The van der Waals surface area contributed by atoms with Crippen LogP contribution in [0.1, 0.15) is 47.0 Å². The molecule has 1 aliphatic rings. The van der Waals surface area contributed by atoms with Gasteiger partial charge in [0.15, 0.2) is 0 Å². The van der Waals surface area contributed by atoms with Crippen molar-refractivity contribution in [3.05, 3.63) is 0 Å². The average molecular weight is 242 g/mol. The fraction of sp³-hybridized carbons (Fsp3) is 0.923. The summed E-state index contributed by atoms with van der Waals surface area (Å²) >= 11 is 0. The monoisotopic (exact) mass is 242 g/mol. The molecule has 1 fully saturated rings. The highest BCUT2D eigenvalue weighted by molar-refractivity contribution is 5.67. The number of nitrogens with one attached hydrogen (secondary N) is 2. The van der Waals surface area contributed by atoms with Crippen molar-refractivity contribution >= 4 is 6.09 Å². The van der Waals surface area contributed by atoms with E-state index in [1.54, 1.807) is 0 Å². The third-order valence-corrected chi connectivity index (χ3v) is 2.88. The van der Waals surface area contributed by atoms with Crippen molar-refractivity contribution < 1.29 is 9.53 Å². The third kappa shape index (κ3) is 6.51. The summed E-state index contributed by atoms with van der Waals surface area (Å²) in [4.78, 5) is 11.3. The lowest BCUT2D eigenvalue weighted by molar-refractivity contribution is 0.0527. The molecule has 1 saturated carbocycles. The maximum atomic E-state index is 11.3. The molecule has 0 aliphatic heterocycles. The molecule has 0 aromatic rings. The number of carbonyl (C=O) groups excluding carboxylic acids is 1. The van der Waals surface area contributed by atoms with E-state index in [1.165, 1.54) is 12.8 Å². The summed E-state index contributed by atoms with van der Waals surface area (Å²) in [5.74, 6) is 0.883. The lowest BCUT2D eigenvalue weighted by Gasteiger charge is -2.19. The second kappa shape index (κ2) is 6.24. The molecule has 1 amide bonds. The smallest absolute Gasteiger partial charge is 0.407 e. The first kappa shape index (κ1) is 14.3. The number of alkyl carbamates (subject to hydrolysis) is 1. The Morgan fingerprint density at radius 1 is 1.35 bits per heavy atom. The van der Waals surface area contributed by atoms with Gasteiger partial charge in [0.05, 0.1) is 0 Å². The number of ether oxygens (including phenoxy) is 1. The summed E-state index contributed by atoms with van der Waals surface area (Å²) < 4.78 is 5.14. The molecule has 0 heterocycles. The van der Waals surface area contributed by atoms with E-state index in [0.717, 1.165) is 24.9 Å². The summed E-state index contributed by atoms with van der Waals surface area (Å²) in [7, 11) is 0. The molecule has 2 N–H and O–H groups in total. The maximum absolute atomic E-state index is 11.3. The van der Waals surface area contributed by atoms with Gasteiger partial charge in [-0.2, -0.15) is 0 Å². The van der Waals surface area contributed by atoms with Crippen LogP contribution in [0.3, 0.4) is 0 Å². The average Bonchev–Trinajstić information content (AvgIpc) is 2.93. The zero-order valence-corrected chi connectivity index (χ0v) is 11.5. The molecule has 2 unspecified atom stereocenters. The Morgan fingerprint density at radius 3 is 2.59 bits per heavy atom. The molecule has 0 saturated heterocycles. The van der Waals surface area contributed by atoms with E-state index in [9.17, 15) is 4.79 Å². The first-order chi connectivity index (χ1) is 7.92. The molecule has 0 spiro atoms. The zero-order chi connectivity index (χ0) is 12.9. The minimum Gasteiger partial charge on any atom is -0.444 e. The van der Waals surface area contributed by atoms with Gasteiger partial charge in [0.25, 0.3) is 0 Å². The van der Waals surface area contributed by atoms with Crippen LogP contribution in [0.2, 0.25) is 0 Å². The fourth-order valence-electron chi connectivity index (χ4n) is 1.83. The Bertz CT molecular complexity index is 248. The number of rotatable bonds is 6. The molecule has 4 nitrogen and oxygen atoms in total. The first-order valence-corrected chi connectivity index (χ1v) is 6.62. The van der Waals surface area contributed by atoms with Crippen molar-refractivity contribution in [1.29, 1.82) is 0 Å². The van der Waals surface area contributed by atoms with Crippen LogP contribution >= 0.6 is 0 Å². The molecular formula is C13H26N2O2. The highest BCUT2D eigenvalue weighted by atomic mass is 16.6. The predicted molar refractivity (Wildman–Crippen MR) is 69.0 cm³/mol. The molecule has 1 aliphatic carbocycles. The van der Waals surface area contributed by atoms with Gasteiger partial charge in [-0.15, -0.1) is 0 Å². The van der Waals surface area contributed by atoms with Crippen LogP contribution in [0.5, 0.6) is 0 Å². The van der Waals surface area contributed by atoms with Gasteiger partial charge in [0.2, 0.25) is 0 Å². The van der Waals surface area contributed by atoms with E-state index in [1.807, 2.05) is 20.8 Å². The van der Waals surface area contributed by atoms with Crippen molar-refractivity contribution in [2.75, 3.05) is 13.1 Å². The topological polar surface area (TPSA) is 50.4 Å². The highest BCUT2D eigenvalue weighted by Gasteiger charge is 2.34. The maximum Gasteiger partial charge on any atom is 0.407 e. The summed E-state index contributed by atoms with van der Waals surface area (Å²) in [5.41, 5.74) is -0.412. The van der Waals surface area contributed by atoms with Crippen LogP contribution in [0.15, 0.2) is 0 Å². The van der Waals surface area contributed by atoms with Gasteiger partial charge in [-0.1, -0.05) is 13.3 Å². The highest BCUT2D eigenvalue weighted by Crippen LogP contribution is 2.32. The molecule has 17 heavy (non-hydrogen) atoms. The molecule has 0 aromatic heterocycles.